The van der Waals surface area contributed by atoms with Gasteiger partial charge in [-0.3, -0.25) is 14.9 Å². The number of nitro groups is 1. The molecule has 0 bridgehead atoms. The first kappa shape index (κ1) is 21.1. The fourth-order valence-corrected chi connectivity index (χ4v) is 5.38. The zero-order valence-corrected chi connectivity index (χ0v) is 17.6. The van der Waals surface area contributed by atoms with Crippen molar-refractivity contribution in [3.8, 4) is 0 Å². The fourth-order valence-electron chi connectivity index (χ4n) is 2.48. The Hall–Kier alpha value is -2.60. The van der Waals surface area contributed by atoms with Crippen molar-refractivity contribution >= 4 is 61.5 Å². The van der Waals surface area contributed by atoms with Crippen LogP contribution in [0.4, 0.5) is 11.4 Å². The first-order valence-electron chi connectivity index (χ1n) is 7.66. The molecule has 0 fully saturated rings. The SMILES string of the molecule is Cc1nnc(S(=O)(=O)c2c([N+](=O)[O-])ccc(C(=O)c3ccc(Cl)c(Cl)c3)c2N)s1. The monoisotopic (exact) mass is 472 g/mol. The molecule has 3 rings (SSSR count). The van der Waals surface area contributed by atoms with Gasteiger partial charge in [-0.2, -0.15) is 0 Å². The number of hydrogen-bond donors (Lipinski definition) is 1. The third kappa shape index (κ3) is 3.81. The highest BCUT2D eigenvalue weighted by atomic mass is 35.5. The predicted octanol–water partition coefficient (Wildman–Crippen LogP) is 3.71. The molecule has 1 heterocycles. The van der Waals surface area contributed by atoms with Crippen molar-refractivity contribution in [2.45, 2.75) is 16.2 Å². The Balaban J connectivity index is 2.25. The van der Waals surface area contributed by atoms with Crippen LogP contribution in [0.1, 0.15) is 20.9 Å². The van der Waals surface area contributed by atoms with Gasteiger partial charge in [0, 0.05) is 17.2 Å². The highest BCUT2D eigenvalue weighted by Gasteiger charge is 2.35. The predicted molar refractivity (Wildman–Crippen MR) is 108 cm³/mol. The van der Waals surface area contributed by atoms with Gasteiger partial charge in [0.2, 0.25) is 14.2 Å². The molecule has 0 atom stereocenters. The Kier molecular flexibility index (Phi) is 5.59. The molecule has 9 nitrogen and oxygen atoms in total. The lowest BCUT2D eigenvalue weighted by Gasteiger charge is -2.11. The van der Waals surface area contributed by atoms with Gasteiger partial charge in [0.25, 0.3) is 5.69 Å². The number of ketones is 1. The topological polar surface area (TPSA) is 146 Å². The zero-order valence-electron chi connectivity index (χ0n) is 14.4. The maximum absolute atomic E-state index is 13.0. The third-order valence-electron chi connectivity index (χ3n) is 3.80. The maximum Gasteiger partial charge on any atom is 0.290 e. The standard InChI is InChI=1S/C16H10Cl2N4O5S2/c1-7-20-21-16(28-7)29(26,27)15-12(22(24)25)5-3-9(13(15)19)14(23)8-2-4-10(17)11(18)6-8/h2-6H,19H2,1H3. The van der Waals surface area contributed by atoms with Crippen LogP contribution < -0.4 is 5.73 Å². The van der Waals surface area contributed by atoms with E-state index >= 15 is 0 Å². The van der Waals surface area contributed by atoms with E-state index in [4.69, 9.17) is 28.9 Å². The molecule has 0 aliphatic heterocycles. The summed E-state index contributed by atoms with van der Waals surface area (Å²) in [6.45, 7) is 1.53. The third-order valence-corrected chi connectivity index (χ3v) is 7.59. The van der Waals surface area contributed by atoms with E-state index in [-0.39, 0.29) is 21.2 Å². The van der Waals surface area contributed by atoms with E-state index in [1.807, 2.05) is 0 Å². The van der Waals surface area contributed by atoms with Crippen LogP contribution >= 0.6 is 34.5 Å². The van der Waals surface area contributed by atoms with Crippen LogP contribution in [0.5, 0.6) is 0 Å². The summed E-state index contributed by atoms with van der Waals surface area (Å²) < 4.78 is 25.5. The van der Waals surface area contributed by atoms with Crippen molar-refractivity contribution in [2.75, 3.05) is 5.73 Å². The van der Waals surface area contributed by atoms with Gasteiger partial charge in [-0.1, -0.05) is 34.5 Å². The minimum Gasteiger partial charge on any atom is -0.397 e. The van der Waals surface area contributed by atoms with Crippen LogP contribution in [-0.2, 0) is 9.84 Å². The number of aryl methyl sites for hydroxylation is 1. The van der Waals surface area contributed by atoms with Crippen molar-refractivity contribution in [1.29, 1.82) is 0 Å². The molecule has 1 aromatic heterocycles. The summed E-state index contributed by atoms with van der Waals surface area (Å²) in [7, 11) is -4.50. The average molecular weight is 473 g/mol. The van der Waals surface area contributed by atoms with Crippen molar-refractivity contribution in [3.63, 3.8) is 0 Å². The van der Waals surface area contributed by atoms with Gasteiger partial charge in [0.05, 0.1) is 20.7 Å². The van der Waals surface area contributed by atoms with Gasteiger partial charge in [-0.05, 0) is 31.2 Å². The Morgan fingerprint density at radius 1 is 1.17 bits per heavy atom. The Morgan fingerprint density at radius 2 is 1.86 bits per heavy atom. The van der Waals surface area contributed by atoms with E-state index in [0.717, 1.165) is 23.5 Å². The number of nitro benzene ring substituents is 1. The van der Waals surface area contributed by atoms with Gasteiger partial charge in [-0.25, -0.2) is 8.42 Å². The van der Waals surface area contributed by atoms with Crippen LogP contribution in [0, 0.1) is 17.0 Å². The summed E-state index contributed by atoms with van der Waals surface area (Å²) in [6.07, 6.45) is 0. The molecule has 0 aliphatic rings. The molecule has 29 heavy (non-hydrogen) atoms. The summed E-state index contributed by atoms with van der Waals surface area (Å²) in [4.78, 5) is 22.6. The maximum atomic E-state index is 13.0. The van der Waals surface area contributed by atoms with Crippen molar-refractivity contribution in [2.24, 2.45) is 0 Å². The number of carbonyl (C=O) groups excluding carboxylic acids is 1. The Labute approximate surface area is 178 Å². The van der Waals surface area contributed by atoms with Crippen molar-refractivity contribution < 1.29 is 18.1 Å². The van der Waals surface area contributed by atoms with Crippen molar-refractivity contribution in [3.05, 3.63) is 66.6 Å². The molecule has 0 unspecified atom stereocenters. The van der Waals surface area contributed by atoms with Gasteiger partial charge < -0.3 is 5.73 Å². The van der Waals surface area contributed by atoms with Crippen LogP contribution in [-0.4, -0.2) is 29.3 Å². The molecule has 2 N–H and O–H groups in total. The largest absolute Gasteiger partial charge is 0.397 e. The molecule has 150 valence electrons. The number of carbonyl (C=O) groups is 1. The molecule has 0 spiro atoms. The number of nitrogen functional groups attached to an aromatic ring is 1. The minimum absolute atomic E-state index is 0.0788. The lowest BCUT2D eigenvalue weighted by atomic mass is 10.0. The van der Waals surface area contributed by atoms with E-state index in [1.54, 1.807) is 0 Å². The normalized spacial score (nSPS) is 11.4. The lowest BCUT2D eigenvalue weighted by Crippen LogP contribution is -2.14. The summed E-state index contributed by atoms with van der Waals surface area (Å²) in [5.41, 5.74) is 4.44. The highest BCUT2D eigenvalue weighted by Crippen LogP contribution is 2.38. The molecule has 13 heteroatoms. The van der Waals surface area contributed by atoms with E-state index < -0.39 is 41.2 Å². The Morgan fingerprint density at radius 3 is 2.41 bits per heavy atom. The second kappa shape index (κ2) is 7.67. The number of sulfone groups is 1. The highest BCUT2D eigenvalue weighted by molar-refractivity contribution is 7.93. The van der Waals surface area contributed by atoms with E-state index in [2.05, 4.69) is 10.2 Å². The summed E-state index contributed by atoms with van der Waals surface area (Å²) >= 11 is 12.5. The molecule has 0 amide bonds. The zero-order chi connectivity index (χ0) is 21.5. The van der Waals surface area contributed by atoms with E-state index in [9.17, 15) is 23.3 Å². The van der Waals surface area contributed by atoms with Crippen molar-refractivity contribution in [1.82, 2.24) is 10.2 Å². The summed E-state index contributed by atoms with van der Waals surface area (Å²) in [5, 5.41) is 19.3. The Bertz CT molecular complexity index is 1270. The number of hydrogen-bond acceptors (Lipinski definition) is 9. The number of benzene rings is 2. The number of aromatic nitrogens is 2. The second-order valence-electron chi connectivity index (χ2n) is 5.68. The lowest BCUT2D eigenvalue weighted by molar-refractivity contribution is -0.387. The van der Waals surface area contributed by atoms with E-state index in [1.165, 1.54) is 25.1 Å². The van der Waals surface area contributed by atoms with Gasteiger partial charge in [-0.15, -0.1) is 10.2 Å². The fraction of sp³-hybridized carbons (Fsp3) is 0.0625. The van der Waals surface area contributed by atoms with Crippen LogP contribution in [0.2, 0.25) is 10.0 Å². The first-order valence-corrected chi connectivity index (χ1v) is 10.7. The molecule has 3 aromatic rings. The van der Waals surface area contributed by atoms with Gasteiger partial charge >= 0.3 is 0 Å². The quantitative estimate of drug-likeness (QED) is 0.255. The number of nitrogens with two attached hydrogens (primary N) is 1. The second-order valence-corrected chi connectivity index (χ2v) is 9.74. The molecule has 0 aliphatic carbocycles. The molecule has 0 saturated heterocycles. The average Bonchev–Trinajstić information content (AvgIpc) is 3.10. The van der Waals surface area contributed by atoms with Crippen LogP contribution in [0.3, 0.4) is 0 Å². The molecule has 0 saturated carbocycles. The number of anilines is 1. The minimum atomic E-state index is -4.50. The van der Waals surface area contributed by atoms with Gasteiger partial charge in [0.15, 0.2) is 10.7 Å². The van der Waals surface area contributed by atoms with Gasteiger partial charge in [0.1, 0.15) is 5.01 Å². The first-order chi connectivity index (χ1) is 13.5. The molecule has 0 radical (unpaired) electrons. The van der Waals surface area contributed by atoms with Crippen LogP contribution in [0.15, 0.2) is 39.6 Å². The number of nitrogens with zero attached hydrogens (tertiary/aromatic N) is 3. The summed E-state index contributed by atoms with van der Waals surface area (Å²) in [5.74, 6) is -0.680. The number of rotatable bonds is 5. The van der Waals surface area contributed by atoms with Crippen LogP contribution in [0.25, 0.3) is 0 Å². The molecular formula is C16H10Cl2N4O5S2. The van der Waals surface area contributed by atoms with E-state index in [0.29, 0.717) is 5.01 Å². The molecule has 2 aromatic carbocycles. The number of halogens is 2. The summed E-state index contributed by atoms with van der Waals surface area (Å²) in [6, 6.07) is 6.04. The molecular weight excluding hydrogens is 463 g/mol. The smallest absolute Gasteiger partial charge is 0.290 e.